The summed E-state index contributed by atoms with van der Waals surface area (Å²) >= 11 is 0. The van der Waals surface area contributed by atoms with Crippen molar-refractivity contribution in [3.63, 3.8) is 0 Å². The summed E-state index contributed by atoms with van der Waals surface area (Å²) in [5.41, 5.74) is 4.29. The molecule has 2 atom stereocenters. The Bertz CT molecular complexity index is 1270. The van der Waals surface area contributed by atoms with E-state index < -0.39 is 5.92 Å². The highest BCUT2D eigenvalue weighted by atomic mass is 19.1. The first kappa shape index (κ1) is 20.9. The van der Waals surface area contributed by atoms with Gasteiger partial charge in [-0.1, -0.05) is 54.6 Å². The van der Waals surface area contributed by atoms with Crippen LogP contribution < -0.4 is 4.90 Å². The molecule has 0 radical (unpaired) electrons. The number of para-hydroxylation sites is 1. The monoisotopic (exact) mass is 455 g/mol. The Kier molecular flexibility index (Phi) is 5.09. The highest BCUT2D eigenvalue weighted by Crippen LogP contribution is 2.46. The number of benzene rings is 3. The fourth-order valence-electron chi connectivity index (χ4n) is 5.81. The Morgan fingerprint density at radius 1 is 0.794 bits per heavy atom. The fraction of sp³-hybridized carbons (Fsp3) is 0.286. The third-order valence-corrected chi connectivity index (χ3v) is 7.48. The number of nitrogens with zero attached hydrogens (tertiary/aromatic N) is 3. The Balaban J connectivity index is 1.34. The van der Waals surface area contributed by atoms with Gasteiger partial charge in [-0.2, -0.15) is 0 Å². The molecule has 172 valence electrons. The molecular formula is C28H26FN3O2. The Labute approximate surface area is 198 Å². The largest absolute Gasteiger partial charge is 0.366 e. The van der Waals surface area contributed by atoms with Crippen molar-refractivity contribution >= 4 is 17.5 Å². The third kappa shape index (κ3) is 3.28. The number of piperazine rings is 1. The van der Waals surface area contributed by atoms with Crippen molar-refractivity contribution in [3.05, 3.63) is 101 Å². The quantitative estimate of drug-likeness (QED) is 0.587. The van der Waals surface area contributed by atoms with Gasteiger partial charge in [-0.25, -0.2) is 4.39 Å². The minimum Gasteiger partial charge on any atom is -0.366 e. The first-order valence-electron chi connectivity index (χ1n) is 11.9. The van der Waals surface area contributed by atoms with Crippen LogP contribution in [0.1, 0.15) is 39.0 Å². The van der Waals surface area contributed by atoms with Crippen molar-refractivity contribution in [3.8, 4) is 0 Å². The highest BCUT2D eigenvalue weighted by Gasteiger charge is 2.47. The number of halogens is 1. The molecule has 3 heterocycles. The molecule has 34 heavy (non-hydrogen) atoms. The molecule has 6 heteroatoms. The summed E-state index contributed by atoms with van der Waals surface area (Å²) in [6.45, 7) is 2.80. The lowest BCUT2D eigenvalue weighted by Gasteiger charge is -2.47. The van der Waals surface area contributed by atoms with Gasteiger partial charge in [0.05, 0.1) is 17.6 Å². The van der Waals surface area contributed by atoms with Gasteiger partial charge in [0.1, 0.15) is 5.82 Å². The molecule has 2 amide bonds. The van der Waals surface area contributed by atoms with Gasteiger partial charge in [0.15, 0.2) is 0 Å². The van der Waals surface area contributed by atoms with Gasteiger partial charge in [-0.3, -0.25) is 9.59 Å². The molecule has 2 unspecified atom stereocenters. The number of amides is 2. The van der Waals surface area contributed by atoms with Crippen molar-refractivity contribution in [1.29, 1.82) is 0 Å². The molecule has 1 saturated heterocycles. The van der Waals surface area contributed by atoms with Crippen molar-refractivity contribution in [1.82, 2.24) is 9.80 Å². The van der Waals surface area contributed by atoms with Crippen molar-refractivity contribution < 1.29 is 14.0 Å². The zero-order valence-electron chi connectivity index (χ0n) is 18.9. The predicted octanol–water partition coefficient (Wildman–Crippen LogP) is 4.01. The van der Waals surface area contributed by atoms with E-state index in [0.29, 0.717) is 44.0 Å². The van der Waals surface area contributed by atoms with Crippen molar-refractivity contribution in [2.24, 2.45) is 0 Å². The number of fused-ring (bicyclic) bond motifs is 4. The fourth-order valence-corrected chi connectivity index (χ4v) is 5.81. The van der Waals surface area contributed by atoms with E-state index in [1.807, 2.05) is 57.2 Å². The van der Waals surface area contributed by atoms with E-state index in [0.717, 1.165) is 17.5 Å². The molecule has 0 spiro atoms. The van der Waals surface area contributed by atoms with E-state index in [1.54, 1.807) is 12.1 Å². The van der Waals surface area contributed by atoms with E-state index >= 15 is 0 Å². The lowest BCUT2D eigenvalue weighted by molar-refractivity contribution is -0.135. The molecule has 0 bridgehead atoms. The number of rotatable bonds is 2. The maximum absolute atomic E-state index is 14.3. The number of hydrogen-bond acceptors (Lipinski definition) is 3. The maximum Gasteiger partial charge on any atom is 0.254 e. The summed E-state index contributed by atoms with van der Waals surface area (Å²) in [7, 11) is 0. The molecule has 5 nitrogen and oxygen atoms in total. The van der Waals surface area contributed by atoms with E-state index in [-0.39, 0.29) is 23.7 Å². The second-order valence-electron chi connectivity index (χ2n) is 9.22. The molecule has 3 aromatic rings. The van der Waals surface area contributed by atoms with Crippen molar-refractivity contribution in [2.75, 3.05) is 37.6 Å². The van der Waals surface area contributed by atoms with Gasteiger partial charge in [0.2, 0.25) is 5.91 Å². The first-order chi connectivity index (χ1) is 16.6. The predicted molar refractivity (Wildman–Crippen MR) is 128 cm³/mol. The molecule has 1 fully saturated rings. The summed E-state index contributed by atoms with van der Waals surface area (Å²) in [4.78, 5) is 33.3. The zero-order chi connectivity index (χ0) is 23.2. The second kappa shape index (κ2) is 8.28. The summed E-state index contributed by atoms with van der Waals surface area (Å²) < 4.78 is 14.3. The molecule has 0 saturated carbocycles. The summed E-state index contributed by atoms with van der Waals surface area (Å²) in [6.07, 6.45) is 0.794. The summed E-state index contributed by atoms with van der Waals surface area (Å²) in [5, 5.41) is 0. The van der Waals surface area contributed by atoms with E-state index in [1.165, 1.54) is 11.6 Å². The van der Waals surface area contributed by atoms with Crippen molar-refractivity contribution in [2.45, 2.75) is 18.4 Å². The van der Waals surface area contributed by atoms with Gasteiger partial charge in [-0.15, -0.1) is 0 Å². The molecule has 0 N–H and O–H groups in total. The zero-order valence-corrected chi connectivity index (χ0v) is 18.9. The van der Waals surface area contributed by atoms with Crippen LogP contribution in [0.15, 0.2) is 72.8 Å². The SMILES string of the molecule is O=C(C1c2ccccc2C(=O)N2CCc3ccccc3C12)N1CCN(c2ccccc2F)CC1. The number of carbonyl (C=O) groups excluding carboxylic acids is 2. The lowest BCUT2D eigenvalue weighted by Crippen LogP contribution is -2.54. The average Bonchev–Trinajstić information content (AvgIpc) is 2.89. The van der Waals surface area contributed by atoms with Crippen LogP contribution in [0.25, 0.3) is 0 Å². The van der Waals surface area contributed by atoms with Crippen LogP contribution in [-0.4, -0.2) is 54.3 Å². The van der Waals surface area contributed by atoms with Crippen LogP contribution in [0.4, 0.5) is 10.1 Å². The third-order valence-electron chi connectivity index (χ3n) is 7.48. The topological polar surface area (TPSA) is 43.9 Å². The van der Waals surface area contributed by atoms with Gasteiger partial charge in [0, 0.05) is 38.3 Å². The molecular weight excluding hydrogens is 429 g/mol. The van der Waals surface area contributed by atoms with Gasteiger partial charge >= 0.3 is 0 Å². The van der Waals surface area contributed by atoms with E-state index in [2.05, 4.69) is 12.1 Å². The standard InChI is InChI=1S/C28H26FN3O2/c29-23-11-5-6-12-24(23)30-15-17-31(18-16-30)28(34)25-21-9-3-4-10-22(21)27(33)32-14-13-19-7-1-2-8-20(19)26(25)32/h1-12,25-26H,13-18H2. The van der Waals surface area contributed by atoms with Crippen LogP contribution in [0.5, 0.6) is 0 Å². The minimum atomic E-state index is -0.449. The lowest BCUT2D eigenvalue weighted by atomic mass is 9.75. The normalized spacial score (nSPS) is 21.6. The molecule has 3 aliphatic rings. The van der Waals surface area contributed by atoms with Crippen LogP contribution in [0.3, 0.4) is 0 Å². The van der Waals surface area contributed by atoms with Gasteiger partial charge in [-0.05, 0) is 41.3 Å². The Hall–Kier alpha value is -3.67. The second-order valence-corrected chi connectivity index (χ2v) is 9.22. The Morgan fingerprint density at radius 3 is 2.26 bits per heavy atom. The highest BCUT2D eigenvalue weighted by molar-refractivity contribution is 6.01. The van der Waals surface area contributed by atoms with E-state index in [4.69, 9.17) is 0 Å². The van der Waals surface area contributed by atoms with Crippen LogP contribution in [-0.2, 0) is 11.2 Å². The number of anilines is 1. The summed E-state index contributed by atoms with van der Waals surface area (Å²) in [6, 6.07) is 22.2. The van der Waals surface area contributed by atoms with Crippen LogP contribution >= 0.6 is 0 Å². The number of carbonyl (C=O) groups is 2. The van der Waals surface area contributed by atoms with Crippen LogP contribution in [0, 0.1) is 5.82 Å². The van der Waals surface area contributed by atoms with E-state index in [9.17, 15) is 14.0 Å². The minimum absolute atomic E-state index is 0.00326. The maximum atomic E-state index is 14.3. The van der Waals surface area contributed by atoms with Gasteiger partial charge < -0.3 is 14.7 Å². The smallest absolute Gasteiger partial charge is 0.254 e. The molecule has 0 aliphatic carbocycles. The molecule has 3 aromatic carbocycles. The summed E-state index contributed by atoms with van der Waals surface area (Å²) in [5.74, 6) is -0.643. The van der Waals surface area contributed by atoms with Gasteiger partial charge in [0.25, 0.3) is 5.91 Å². The first-order valence-corrected chi connectivity index (χ1v) is 11.9. The number of hydrogen-bond donors (Lipinski definition) is 0. The molecule has 3 aliphatic heterocycles. The average molecular weight is 456 g/mol. The Morgan fingerprint density at radius 2 is 1.47 bits per heavy atom. The molecule has 6 rings (SSSR count). The molecule has 0 aromatic heterocycles. The van der Waals surface area contributed by atoms with Crippen LogP contribution in [0.2, 0.25) is 0 Å².